The molecule has 0 amide bonds. The smallest absolute Gasteiger partial charge is 0.344 e. The minimum Gasteiger partial charge on any atom is -0.481 e. The third kappa shape index (κ3) is 5.55. The van der Waals surface area contributed by atoms with E-state index in [1.165, 1.54) is 9.79 Å². The molecular weight excluding hydrogens is 428 g/mol. The number of hydrogen-bond acceptors (Lipinski definition) is 3. The second-order valence-corrected chi connectivity index (χ2v) is 11.4. The van der Waals surface area contributed by atoms with E-state index in [-0.39, 0.29) is 29.1 Å². The first-order valence-corrected chi connectivity index (χ1v) is 13.4. The predicted octanol–water partition coefficient (Wildman–Crippen LogP) is 6.87. The molecule has 2 aromatic carbocycles. The van der Waals surface area contributed by atoms with Gasteiger partial charge in [-0.2, -0.15) is 0 Å². The Kier molecular flexibility index (Phi) is 7.64. The Morgan fingerprint density at radius 3 is 2.33 bits per heavy atom. The first-order valence-electron chi connectivity index (χ1n) is 12.1. The number of esters is 1. The van der Waals surface area contributed by atoms with Crippen molar-refractivity contribution in [3.05, 3.63) is 77.9 Å². The van der Waals surface area contributed by atoms with Crippen LogP contribution in [0.5, 0.6) is 5.75 Å². The van der Waals surface area contributed by atoms with Crippen molar-refractivity contribution in [2.24, 2.45) is 0 Å². The average molecular weight is 464 g/mol. The van der Waals surface area contributed by atoms with E-state index < -0.39 is 0 Å². The highest BCUT2D eigenvalue weighted by atomic mass is 32.2. The lowest BCUT2D eigenvalue weighted by molar-refractivity contribution is -0.162. The van der Waals surface area contributed by atoms with Crippen molar-refractivity contribution in [3.63, 3.8) is 0 Å². The molecule has 1 saturated carbocycles. The standard InChI is InChI=1S/C29H35O3S/c1-4-29(17-11-12-18-29)32-27(30)21-31-28-22(2)19-26(20-23(28)3)33(24-13-7-5-8-14-24)25-15-9-6-10-16-25/h5-10,13-15,19-20,25H,4,11-12,16-18,21H2,1-3H3/q+1. The van der Waals surface area contributed by atoms with Gasteiger partial charge in [0.15, 0.2) is 21.6 Å². The van der Waals surface area contributed by atoms with Crippen molar-refractivity contribution in [1.82, 2.24) is 0 Å². The first-order chi connectivity index (χ1) is 16.0. The average Bonchev–Trinajstić information content (AvgIpc) is 3.29. The summed E-state index contributed by atoms with van der Waals surface area (Å²) >= 11 is 0. The highest BCUT2D eigenvalue weighted by Crippen LogP contribution is 2.37. The van der Waals surface area contributed by atoms with Gasteiger partial charge in [0.2, 0.25) is 0 Å². The molecule has 2 atom stereocenters. The van der Waals surface area contributed by atoms with Gasteiger partial charge in [0.1, 0.15) is 11.4 Å². The summed E-state index contributed by atoms with van der Waals surface area (Å²) in [7, 11) is -0.0747. The molecule has 0 aromatic heterocycles. The highest BCUT2D eigenvalue weighted by molar-refractivity contribution is 7.97. The molecule has 2 unspecified atom stereocenters. The van der Waals surface area contributed by atoms with E-state index >= 15 is 0 Å². The molecule has 0 radical (unpaired) electrons. The lowest BCUT2D eigenvalue weighted by atomic mass is 9.99. The van der Waals surface area contributed by atoms with Crippen molar-refractivity contribution in [2.75, 3.05) is 6.61 Å². The van der Waals surface area contributed by atoms with Crippen LogP contribution < -0.4 is 4.74 Å². The monoisotopic (exact) mass is 463 g/mol. The minimum absolute atomic E-state index is 0.0384. The Labute approximate surface area is 201 Å². The van der Waals surface area contributed by atoms with Gasteiger partial charge in [-0.1, -0.05) is 43.4 Å². The van der Waals surface area contributed by atoms with E-state index in [0.29, 0.717) is 5.25 Å². The van der Waals surface area contributed by atoms with E-state index in [2.05, 4.69) is 87.5 Å². The maximum atomic E-state index is 12.6. The third-order valence-electron chi connectivity index (χ3n) is 6.75. The van der Waals surface area contributed by atoms with Crippen molar-refractivity contribution in [3.8, 4) is 5.75 Å². The molecule has 0 saturated heterocycles. The Balaban J connectivity index is 1.52. The van der Waals surface area contributed by atoms with Gasteiger partial charge < -0.3 is 9.47 Å². The van der Waals surface area contributed by atoms with Gasteiger partial charge in [0.05, 0.1) is 10.9 Å². The topological polar surface area (TPSA) is 35.5 Å². The van der Waals surface area contributed by atoms with Crippen LogP contribution in [0.25, 0.3) is 0 Å². The number of carbonyl (C=O) groups is 1. The summed E-state index contributed by atoms with van der Waals surface area (Å²) < 4.78 is 11.9. The van der Waals surface area contributed by atoms with E-state index in [1.807, 2.05) is 0 Å². The van der Waals surface area contributed by atoms with Crippen molar-refractivity contribution >= 4 is 16.9 Å². The van der Waals surface area contributed by atoms with Crippen LogP contribution in [0.1, 0.15) is 56.6 Å². The van der Waals surface area contributed by atoms with Gasteiger partial charge >= 0.3 is 5.97 Å². The van der Waals surface area contributed by atoms with Crippen LogP contribution in [0.3, 0.4) is 0 Å². The van der Waals surface area contributed by atoms with Crippen LogP contribution in [-0.2, 0) is 20.4 Å². The van der Waals surface area contributed by atoms with Gasteiger partial charge in [0, 0.05) is 18.6 Å². The molecule has 4 heteroatoms. The summed E-state index contributed by atoms with van der Waals surface area (Å²) in [6, 6.07) is 15.2. The van der Waals surface area contributed by atoms with E-state index in [4.69, 9.17) is 9.47 Å². The van der Waals surface area contributed by atoms with Gasteiger partial charge in [-0.05, 0) is 75.3 Å². The molecule has 2 aliphatic carbocycles. The molecule has 3 nitrogen and oxygen atoms in total. The zero-order chi connectivity index (χ0) is 23.3. The van der Waals surface area contributed by atoms with Gasteiger partial charge in [0.25, 0.3) is 0 Å². The van der Waals surface area contributed by atoms with Gasteiger partial charge in [-0.15, -0.1) is 0 Å². The van der Waals surface area contributed by atoms with Crippen LogP contribution in [0.15, 0.2) is 76.6 Å². The molecule has 33 heavy (non-hydrogen) atoms. The molecule has 1 fully saturated rings. The highest BCUT2D eigenvalue weighted by Gasteiger charge is 2.36. The SMILES string of the molecule is CCC1(OC(=O)COc2c(C)cc([S+](c3ccccc3)C3C=CC=CC3)cc2C)CCCC1. The third-order valence-corrected chi connectivity index (χ3v) is 9.23. The Morgan fingerprint density at radius 1 is 1.03 bits per heavy atom. The van der Waals surface area contributed by atoms with Crippen molar-refractivity contribution in [1.29, 1.82) is 0 Å². The Hall–Kier alpha value is -2.46. The summed E-state index contributed by atoms with van der Waals surface area (Å²) in [6.07, 6.45) is 15.0. The zero-order valence-electron chi connectivity index (χ0n) is 20.0. The number of hydrogen-bond donors (Lipinski definition) is 0. The normalized spacial score (nSPS) is 19.9. The number of benzene rings is 2. The number of carbonyl (C=O) groups excluding carboxylic acids is 1. The quantitative estimate of drug-likeness (QED) is 0.316. The van der Waals surface area contributed by atoms with E-state index in [9.17, 15) is 4.79 Å². The predicted molar refractivity (Wildman–Crippen MR) is 136 cm³/mol. The molecule has 2 aromatic rings. The minimum atomic E-state index is -0.277. The summed E-state index contributed by atoms with van der Waals surface area (Å²) in [5.74, 6) is 0.535. The van der Waals surface area contributed by atoms with E-state index in [0.717, 1.165) is 55.4 Å². The summed E-state index contributed by atoms with van der Waals surface area (Å²) in [5.41, 5.74) is 1.85. The maximum Gasteiger partial charge on any atom is 0.344 e. The zero-order valence-corrected chi connectivity index (χ0v) is 20.8. The Morgan fingerprint density at radius 2 is 1.73 bits per heavy atom. The largest absolute Gasteiger partial charge is 0.481 e. The van der Waals surface area contributed by atoms with Crippen LogP contribution in [0.4, 0.5) is 0 Å². The van der Waals surface area contributed by atoms with Gasteiger partial charge in [-0.3, -0.25) is 0 Å². The summed E-state index contributed by atoms with van der Waals surface area (Å²) in [4.78, 5) is 15.2. The fraction of sp³-hybridized carbons (Fsp3) is 0.414. The molecule has 0 spiro atoms. The molecule has 0 heterocycles. The molecular formula is C29H35O3S+. The fourth-order valence-electron chi connectivity index (χ4n) is 5.00. The first kappa shape index (κ1) is 23.7. The van der Waals surface area contributed by atoms with Crippen LogP contribution in [0.2, 0.25) is 0 Å². The lowest BCUT2D eigenvalue weighted by Gasteiger charge is -2.27. The second kappa shape index (κ2) is 10.6. The van der Waals surface area contributed by atoms with E-state index in [1.54, 1.807) is 0 Å². The summed E-state index contributed by atoms with van der Waals surface area (Å²) in [5, 5.41) is 0.439. The molecule has 174 valence electrons. The molecule has 4 rings (SSSR count). The van der Waals surface area contributed by atoms with Crippen LogP contribution in [0, 0.1) is 13.8 Å². The van der Waals surface area contributed by atoms with Gasteiger partial charge in [-0.25, -0.2) is 4.79 Å². The molecule has 2 aliphatic rings. The molecule has 0 N–H and O–H groups in total. The molecule has 0 bridgehead atoms. The maximum absolute atomic E-state index is 12.6. The number of ether oxygens (including phenoxy) is 2. The fourth-order valence-corrected chi connectivity index (χ4v) is 7.58. The Bertz CT molecular complexity index is 995. The van der Waals surface area contributed by atoms with Crippen molar-refractivity contribution < 1.29 is 14.3 Å². The number of rotatable bonds is 8. The number of allylic oxidation sites excluding steroid dienone is 3. The van der Waals surface area contributed by atoms with Crippen LogP contribution >= 0.6 is 0 Å². The molecule has 0 aliphatic heterocycles. The van der Waals surface area contributed by atoms with Crippen LogP contribution in [-0.4, -0.2) is 23.4 Å². The summed E-state index contributed by atoms with van der Waals surface area (Å²) in [6.45, 7) is 6.21. The second-order valence-electron chi connectivity index (χ2n) is 9.13. The number of aryl methyl sites for hydroxylation is 2. The lowest BCUT2D eigenvalue weighted by Crippen LogP contribution is -2.33. The van der Waals surface area contributed by atoms with Crippen molar-refractivity contribution in [2.45, 2.75) is 79.9 Å².